The van der Waals surface area contributed by atoms with Crippen LogP contribution in [0.2, 0.25) is 0 Å². The molecule has 0 atom stereocenters. The van der Waals surface area contributed by atoms with Crippen LogP contribution in [0, 0.1) is 0 Å². The van der Waals surface area contributed by atoms with E-state index in [2.05, 4.69) is 16.9 Å². The Labute approximate surface area is 168 Å². The van der Waals surface area contributed by atoms with Gasteiger partial charge in [-0.1, -0.05) is 36.9 Å². The van der Waals surface area contributed by atoms with Crippen molar-refractivity contribution in [3.63, 3.8) is 0 Å². The van der Waals surface area contributed by atoms with Gasteiger partial charge >= 0.3 is 0 Å². The number of aromatic nitrogens is 2. The van der Waals surface area contributed by atoms with Gasteiger partial charge in [0.05, 0.1) is 16.8 Å². The Balaban J connectivity index is 1.71. The van der Waals surface area contributed by atoms with Gasteiger partial charge in [0.15, 0.2) is 0 Å². The van der Waals surface area contributed by atoms with E-state index in [-0.39, 0.29) is 5.91 Å². The van der Waals surface area contributed by atoms with E-state index in [1.165, 1.54) is 0 Å². The predicted molar refractivity (Wildman–Crippen MR) is 115 cm³/mol. The first-order chi connectivity index (χ1) is 14.2. The SMILES string of the molecule is C=CCOc1cccc(NC(=O)c2cc(-c3cccnc3)nc3ccccc23)c1. The molecule has 0 saturated heterocycles. The molecule has 0 radical (unpaired) electrons. The van der Waals surface area contributed by atoms with Gasteiger partial charge in [0.25, 0.3) is 5.91 Å². The van der Waals surface area contributed by atoms with Crippen molar-refractivity contribution in [2.75, 3.05) is 11.9 Å². The Morgan fingerprint density at radius 3 is 2.79 bits per heavy atom. The van der Waals surface area contributed by atoms with Gasteiger partial charge in [-0.3, -0.25) is 9.78 Å². The van der Waals surface area contributed by atoms with Crippen molar-refractivity contribution in [1.29, 1.82) is 0 Å². The molecule has 0 unspecified atom stereocenters. The number of ether oxygens (including phenoxy) is 1. The number of pyridine rings is 2. The smallest absolute Gasteiger partial charge is 0.256 e. The zero-order valence-electron chi connectivity index (χ0n) is 15.7. The van der Waals surface area contributed by atoms with Crippen LogP contribution in [0.4, 0.5) is 5.69 Å². The number of fused-ring (bicyclic) bond motifs is 1. The average molecular weight is 381 g/mol. The van der Waals surface area contributed by atoms with Crippen molar-refractivity contribution in [2.45, 2.75) is 0 Å². The highest BCUT2D eigenvalue weighted by Crippen LogP contribution is 2.26. The fourth-order valence-corrected chi connectivity index (χ4v) is 3.04. The summed E-state index contributed by atoms with van der Waals surface area (Å²) in [4.78, 5) is 22.0. The van der Waals surface area contributed by atoms with Gasteiger partial charge < -0.3 is 10.1 Å². The number of nitrogens with zero attached hydrogens (tertiary/aromatic N) is 2. The molecule has 0 aliphatic rings. The molecule has 0 bridgehead atoms. The molecule has 0 saturated carbocycles. The summed E-state index contributed by atoms with van der Waals surface area (Å²) < 4.78 is 5.54. The minimum Gasteiger partial charge on any atom is -0.489 e. The maximum absolute atomic E-state index is 13.1. The van der Waals surface area contributed by atoms with Gasteiger partial charge in [-0.05, 0) is 36.4 Å². The molecule has 0 aliphatic heterocycles. The third-order valence-electron chi connectivity index (χ3n) is 4.38. The molecule has 4 aromatic rings. The summed E-state index contributed by atoms with van der Waals surface area (Å²) in [6, 6.07) is 20.4. The molecule has 5 nitrogen and oxygen atoms in total. The van der Waals surface area contributed by atoms with Crippen LogP contribution >= 0.6 is 0 Å². The minimum atomic E-state index is -0.213. The van der Waals surface area contributed by atoms with Gasteiger partial charge in [0, 0.05) is 35.1 Å². The molecule has 5 heteroatoms. The third-order valence-corrected chi connectivity index (χ3v) is 4.38. The first-order valence-corrected chi connectivity index (χ1v) is 9.20. The van der Waals surface area contributed by atoms with Crippen molar-refractivity contribution in [3.05, 3.63) is 97.3 Å². The molecule has 4 rings (SSSR count). The summed E-state index contributed by atoms with van der Waals surface area (Å²) in [5, 5.41) is 3.75. The van der Waals surface area contributed by atoms with E-state index in [0.717, 1.165) is 16.5 Å². The molecule has 0 aliphatic carbocycles. The standard InChI is InChI=1S/C24H19N3O2/c1-2-13-29-19-9-5-8-18(14-19)26-24(28)21-15-23(17-7-6-12-25-16-17)27-22-11-4-3-10-20(21)22/h2-12,14-16H,1,13H2,(H,26,28). The summed E-state index contributed by atoms with van der Waals surface area (Å²) in [5.74, 6) is 0.452. The summed E-state index contributed by atoms with van der Waals surface area (Å²) in [5.41, 5.74) is 3.51. The molecule has 1 amide bonds. The molecular weight excluding hydrogens is 362 g/mol. The van der Waals surface area contributed by atoms with Crippen LogP contribution in [0.5, 0.6) is 5.75 Å². The number of anilines is 1. The molecular formula is C24H19N3O2. The van der Waals surface area contributed by atoms with Crippen molar-refractivity contribution in [2.24, 2.45) is 0 Å². The van der Waals surface area contributed by atoms with Gasteiger partial charge in [-0.2, -0.15) is 0 Å². The molecule has 0 spiro atoms. The van der Waals surface area contributed by atoms with Crippen molar-refractivity contribution >= 4 is 22.5 Å². The summed E-state index contributed by atoms with van der Waals surface area (Å²) in [6.45, 7) is 4.05. The lowest BCUT2D eigenvalue weighted by Gasteiger charge is -2.11. The number of carbonyl (C=O) groups excluding carboxylic acids is 1. The number of carbonyl (C=O) groups is 1. The van der Waals surface area contributed by atoms with Crippen molar-refractivity contribution in [3.8, 4) is 17.0 Å². The average Bonchev–Trinajstić information content (AvgIpc) is 2.77. The van der Waals surface area contributed by atoms with E-state index in [1.54, 1.807) is 30.6 Å². The Kier molecular flexibility index (Phi) is 5.29. The molecule has 0 fully saturated rings. The number of nitrogens with one attached hydrogen (secondary N) is 1. The number of amides is 1. The molecule has 142 valence electrons. The predicted octanol–water partition coefficient (Wildman–Crippen LogP) is 5.11. The number of hydrogen-bond acceptors (Lipinski definition) is 4. The van der Waals surface area contributed by atoms with Crippen molar-refractivity contribution in [1.82, 2.24) is 9.97 Å². The lowest BCUT2D eigenvalue weighted by atomic mass is 10.0. The lowest BCUT2D eigenvalue weighted by molar-refractivity contribution is 0.102. The monoisotopic (exact) mass is 381 g/mol. The van der Waals surface area contributed by atoms with Crippen LogP contribution in [0.15, 0.2) is 91.8 Å². The molecule has 2 aromatic heterocycles. The minimum absolute atomic E-state index is 0.213. The maximum atomic E-state index is 13.1. The van der Waals surface area contributed by atoms with Gasteiger partial charge in [-0.15, -0.1) is 0 Å². The highest BCUT2D eigenvalue weighted by atomic mass is 16.5. The van der Waals surface area contributed by atoms with E-state index in [1.807, 2.05) is 54.6 Å². The Morgan fingerprint density at radius 2 is 1.97 bits per heavy atom. The number of benzene rings is 2. The van der Waals surface area contributed by atoms with Crippen LogP contribution in [-0.4, -0.2) is 22.5 Å². The van der Waals surface area contributed by atoms with Crippen molar-refractivity contribution < 1.29 is 9.53 Å². The number of hydrogen-bond donors (Lipinski definition) is 1. The van der Waals surface area contributed by atoms with E-state index in [9.17, 15) is 4.79 Å². The first-order valence-electron chi connectivity index (χ1n) is 9.20. The quantitative estimate of drug-likeness (QED) is 0.471. The van der Waals surface area contributed by atoms with Crippen LogP contribution in [0.25, 0.3) is 22.2 Å². The largest absolute Gasteiger partial charge is 0.489 e. The lowest BCUT2D eigenvalue weighted by Crippen LogP contribution is -2.13. The number of para-hydroxylation sites is 1. The van der Waals surface area contributed by atoms with Crippen LogP contribution < -0.4 is 10.1 Å². The Bertz CT molecular complexity index is 1170. The van der Waals surface area contributed by atoms with E-state index in [0.29, 0.717) is 29.3 Å². The first kappa shape index (κ1) is 18.4. The highest BCUT2D eigenvalue weighted by molar-refractivity contribution is 6.13. The summed E-state index contributed by atoms with van der Waals surface area (Å²) >= 11 is 0. The fraction of sp³-hybridized carbons (Fsp3) is 0.0417. The van der Waals surface area contributed by atoms with Crippen LogP contribution in [0.3, 0.4) is 0 Å². The zero-order chi connectivity index (χ0) is 20.1. The third kappa shape index (κ3) is 4.14. The van der Waals surface area contributed by atoms with E-state index >= 15 is 0 Å². The summed E-state index contributed by atoms with van der Waals surface area (Å²) in [6.07, 6.45) is 5.12. The topological polar surface area (TPSA) is 64.1 Å². The van der Waals surface area contributed by atoms with Gasteiger partial charge in [0.2, 0.25) is 0 Å². The second-order valence-corrected chi connectivity index (χ2v) is 6.40. The Morgan fingerprint density at radius 1 is 1.07 bits per heavy atom. The highest BCUT2D eigenvalue weighted by Gasteiger charge is 2.14. The van der Waals surface area contributed by atoms with Gasteiger partial charge in [-0.25, -0.2) is 4.98 Å². The second kappa shape index (κ2) is 8.35. The second-order valence-electron chi connectivity index (χ2n) is 6.40. The molecule has 2 heterocycles. The molecule has 29 heavy (non-hydrogen) atoms. The van der Waals surface area contributed by atoms with Gasteiger partial charge in [0.1, 0.15) is 12.4 Å². The van der Waals surface area contributed by atoms with E-state index in [4.69, 9.17) is 9.72 Å². The zero-order valence-corrected chi connectivity index (χ0v) is 15.7. The fourth-order valence-electron chi connectivity index (χ4n) is 3.04. The van der Waals surface area contributed by atoms with Crippen LogP contribution in [-0.2, 0) is 0 Å². The maximum Gasteiger partial charge on any atom is 0.256 e. The number of rotatable bonds is 6. The molecule has 2 aromatic carbocycles. The Hall–Kier alpha value is -3.99. The van der Waals surface area contributed by atoms with Crippen LogP contribution in [0.1, 0.15) is 10.4 Å². The van der Waals surface area contributed by atoms with E-state index < -0.39 is 0 Å². The summed E-state index contributed by atoms with van der Waals surface area (Å²) in [7, 11) is 0. The normalized spacial score (nSPS) is 10.5. The molecule has 1 N–H and O–H groups in total.